The van der Waals surface area contributed by atoms with Gasteiger partial charge in [0, 0.05) is 31.1 Å². The molecule has 1 aromatic carbocycles. The summed E-state index contributed by atoms with van der Waals surface area (Å²) in [6.45, 7) is 2.72. The van der Waals surface area contributed by atoms with Crippen molar-refractivity contribution in [1.29, 1.82) is 0 Å². The number of carbonyl (C=O) groups excluding carboxylic acids is 1. The molecule has 0 atom stereocenters. The van der Waals surface area contributed by atoms with E-state index in [0.29, 0.717) is 31.6 Å². The first-order valence-electron chi connectivity index (χ1n) is 7.97. The number of nitrogens with zero attached hydrogens (tertiary/aromatic N) is 1. The molecule has 0 unspecified atom stereocenters. The Hall–Kier alpha value is -1.72. The molecule has 1 amide bonds. The normalized spacial score (nSPS) is 19.1. The van der Waals surface area contributed by atoms with Crippen LogP contribution in [0.1, 0.15) is 16.0 Å². The van der Waals surface area contributed by atoms with Gasteiger partial charge in [-0.05, 0) is 41.5 Å². The van der Waals surface area contributed by atoms with Crippen LogP contribution >= 0.6 is 11.3 Å². The number of nitrogens with one attached hydrogen (secondary N) is 1. The summed E-state index contributed by atoms with van der Waals surface area (Å²) >= 11 is 1.77. The summed E-state index contributed by atoms with van der Waals surface area (Å²) in [5.74, 6) is -0.0540. The maximum atomic E-state index is 14.0. The van der Waals surface area contributed by atoms with E-state index in [-0.39, 0.29) is 11.7 Å². The van der Waals surface area contributed by atoms with E-state index >= 15 is 0 Å². The molecule has 120 valence electrons. The van der Waals surface area contributed by atoms with Gasteiger partial charge in [-0.3, -0.25) is 4.79 Å². The van der Waals surface area contributed by atoms with Crippen LogP contribution in [0.2, 0.25) is 0 Å². The number of hydrogen-bond acceptors (Lipinski definition) is 3. The highest BCUT2D eigenvalue weighted by Gasteiger charge is 2.47. The molecule has 23 heavy (non-hydrogen) atoms. The Kier molecular flexibility index (Phi) is 3.70. The Balaban J connectivity index is 1.55. The first kappa shape index (κ1) is 14.8. The van der Waals surface area contributed by atoms with E-state index in [1.807, 2.05) is 11.0 Å². The Morgan fingerprint density at radius 1 is 1.30 bits per heavy atom. The van der Waals surface area contributed by atoms with Gasteiger partial charge in [-0.2, -0.15) is 0 Å². The molecule has 5 heteroatoms. The number of hydrogen-bond donors (Lipinski definition) is 1. The zero-order valence-electron chi connectivity index (χ0n) is 12.8. The van der Waals surface area contributed by atoms with Crippen LogP contribution in [0.3, 0.4) is 0 Å². The molecule has 1 fully saturated rings. The van der Waals surface area contributed by atoms with Gasteiger partial charge in [-0.15, -0.1) is 11.3 Å². The molecule has 2 aromatic rings. The van der Waals surface area contributed by atoms with Crippen LogP contribution in [0.25, 0.3) is 0 Å². The molecule has 0 spiro atoms. The van der Waals surface area contributed by atoms with Crippen LogP contribution in [0.4, 0.5) is 4.39 Å². The quantitative estimate of drug-likeness (QED) is 0.938. The smallest absolute Gasteiger partial charge is 0.232 e. The maximum absolute atomic E-state index is 14.0. The van der Waals surface area contributed by atoms with Gasteiger partial charge in [-0.25, -0.2) is 4.39 Å². The number of thiophene rings is 1. The Labute approximate surface area is 139 Å². The zero-order valence-corrected chi connectivity index (χ0v) is 13.7. The van der Waals surface area contributed by atoms with Crippen molar-refractivity contribution in [2.45, 2.75) is 19.4 Å². The predicted octanol–water partition coefficient (Wildman–Crippen LogP) is 2.60. The highest BCUT2D eigenvalue weighted by Crippen LogP contribution is 2.34. The van der Waals surface area contributed by atoms with Gasteiger partial charge < -0.3 is 10.2 Å². The monoisotopic (exact) mass is 330 g/mol. The van der Waals surface area contributed by atoms with Crippen LogP contribution in [-0.2, 0) is 24.2 Å². The van der Waals surface area contributed by atoms with Crippen LogP contribution in [0, 0.1) is 11.2 Å². The summed E-state index contributed by atoms with van der Waals surface area (Å²) < 4.78 is 14.0. The van der Waals surface area contributed by atoms with Crippen LogP contribution < -0.4 is 5.32 Å². The molecule has 1 aromatic heterocycles. The van der Waals surface area contributed by atoms with Gasteiger partial charge in [0.05, 0.1) is 5.41 Å². The van der Waals surface area contributed by atoms with E-state index in [2.05, 4.69) is 16.8 Å². The van der Waals surface area contributed by atoms with Crippen molar-refractivity contribution in [3.63, 3.8) is 0 Å². The van der Waals surface area contributed by atoms with Crippen LogP contribution in [0.15, 0.2) is 35.7 Å². The Bertz CT molecular complexity index is 738. The summed E-state index contributed by atoms with van der Waals surface area (Å²) in [5.41, 5.74) is 1.41. The van der Waals surface area contributed by atoms with Crippen LogP contribution in [0.5, 0.6) is 0 Å². The molecule has 0 radical (unpaired) electrons. The van der Waals surface area contributed by atoms with Crippen molar-refractivity contribution in [3.05, 3.63) is 57.5 Å². The Morgan fingerprint density at radius 3 is 2.87 bits per heavy atom. The van der Waals surface area contributed by atoms with Crippen molar-refractivity contribution in [2.24, 2.45) is 5.41 Å². The second kappa shape index (κ2) is 5.73. The number of amides is 1. The van der Waals surface area contributed by atoms with Gasteiger partial charge in [0.25, 0.3) is 0 Å². The summed E-state index contributed by atoms with van der Waals surface area (Å²) in [5, 5.41) is 5.30. The van der Waals surface area contributed by atoms with Gasteiger partial charge in [0.15, 0.2) is 0 Å². The second-order valence-electron chi connectivity index (χ2n) is 6.50. The molecule has 4 rings (SSSR count). The van der Waals surface area contributed by atoms with E-state index in [4.69, 9.17) is 0 Å². The summed E-state index contributed by atoms with van der Waals surface area (Å²) in [4.78, 5) is 16.5. The molecule has 1 N–H and O–H groups in total. The van der Waals surface area contributed by atoms with E-state index in [0.717, 1.165) is 13.0 Å². The number of rotatable bonds is 3. The van der Waals surface area contributed by atoms with E-state index in [9.17, 15) is 9.18 Å². The minimum atomic E-state index is -0.490. The summed E-state index contributed by atoms with van der Waals surface area (Å²) in [7, 11) is 0. The maximum Gasteiger partial charge on any atom is 0.232 e. The molecular formula is C18H19FN2OS. The molecule has 0 bridgehead atoms. The van der Waals surface area contributed by atoms with Gasteiger partial charge in [0.2, 0.25) is 5.91 Å². The fraction of sp³-hybridized carbons (Fsp3) is 0.389. The summed E-state index contributed by atoms with van der Waals surface area (Å²) in [6.07, 6.45) is 1.40. The van der Waals surface area contributed by atoms with Gasteiger partial charge >= 0.3 is 0 Å². The van der Waals surface area contributed by atoms with Crippen molar-refractivity contribution in [3.8, 4) is 0 Å². The van der Waals surface area contributed by atoms with Crippen LogP contribution in [-0.4, -0.2) is 30.4 Å². The average molecular weight is 330 g/mol. The molecule has 2 aliphatic heterocycles. The molecule has 2 aliphatic rings. The minimum absolute atomic E-state index is 0.163. The van der Waals surface area contributed by atoms with Crippen molar-refractivity contribution < 1.29 is 9.18 Å². The van der Waals surface area contributed by atoms with Crippen molar-refractivity contribution >= 4 is 17.2 Å². The lowest BCUT2D eigenvalue weighted by atomic mass is 9.74. The van der Waals surface area contributed by atoms with E-state index in [1.165, 1.54) is 16.5 Å². The van der Waals surface area contributed by atoms with Crippen molar-refractivity contribution in [2.75, 3.05) is 19.6 Å². The van der Waals surface area contributed by atoms with Crippen molar-refractivity contribution in [1.82, 2.24) is 10.2 Å². The largest absolute Gasteiger partial charge is 0.337 e. The third-order valence-electron chi connectivity index (χ3n) is 4.96. The number of benzene rings is 1. The first-order valence-corrected chi connectivity index (χ1v) is 8.85. The highest BCUT2D eigenvalue weighted by molar-refractivity contribution is 7.10. The van der Waals surface area contributed by atoms with E-state index in [1.54, 1.807) is 23.5 Å². The first-order chi connectivity index (χ1) is 11.2. The second-order valence-corrected chi connectivity index (χ2v) is 7.50. The molecule has 3 nitrogen and oxygen atoms in total. The highest BCUT2D eigenvalue weighted by atomic mass is 32.1. The lowest BCUT2D eigenvalue weighted by molar-refractivity contribution is -0.146. The lowest BCUT2D eigenvalue weighted by Crippen LogP contribution is -2.63. The zero-order chi connectivity index (χ0) is 15.9. The number of carbonyl (C=O) groups is 1. The third kappa shape index (κ3) is 2.58. The SMILES string of the molecule is O=C(N1CCc2sccc2C1)C1(Cc2ccccc2F)CNC1. The molecule has 1 saturated heterocycles. The molecule has 0 saturated carbocycles. The fourth-order valence-electron chi connectivity index (χ4n) is 3.54. The number of fused-ring (bicyclic) bond motifs is 1. The Morgan fingerprint density at radius 2 is 2.13 bits per heavy atom. The number of halogens is 1. The fourth-order valence-corrected chi connectivity index (χ4v) is 4.43. The predicted molar refractivity (Wildman–Crippen MR) is 88.8 cm³/mol. The molecule has 0 aliphatic carbocycles. The van der Waals surface area contributed by atoms with Gasteiger partial charge in [-0.1, -0.05) is 18.2 Å². The molecule has 3 heterocycles. The minimum Gasteiger partial charge on any atom is -0.337 e. The average Bonchev–Trinajstić information content (AvgIpc) is 2.99. The lowest BCUT2D eigenvalue weighted by Gasteiger charge is -2.45. The third-order valence-corrected chi connectivity index (χ3v) is 5.99. The standard InChI is InChI=1S/C18H19FN2OS/c19-15-4-2-1-3-13(15)9-18(11-20-12-18)17(22)21-7-5-16-14(10-21)6-8-23-16/h1-4,6,8,20H,5,7,9-12H2. The topological polar surface area (TPSA) is 32.3 Å². The molecular weight excluding hydrogens is 311 g/mol. The van der Waals surface area contributed by atoms with Gasteiger partial charge in [0.1, 0.15) is 5.82 Å². The summed E-state index contributed by atoms with van der Waals surface area (Å²) in [6, 6.07) is 8.90. The van der Waals surface area contributed by atoms with E-state index < -0.39 is 5.41 Å².